The highest BCUT2D eigenvalue weighted by atomic mass is 16.5. The predicted octanol–water partition coefficient (Wildman–Crippen LogP) is 3.53. The molecule has 1 atom stereocenters. The van der Waals surface area contributed by atoms with E-state index in [0.29, 0.717) is 35.1 Å². The lowest BCUT2D eigenvalue weighted by Crippen LogP contribution is -2.41. The first kappa shape index (κ1) is 22.7. The maximum atomic E-state index is 12.7. The highest BCUT2D eigenvalue weighted by Crippen LogP contribution is 2.28. The van der Waals surface area contributed by atoms with E-state index in [1.807, 2.05) is 38.1 Å². The van der Waals surface area contributed by atoms with Gasteiger partial charge in [-0.3, -0.25) is 4.79 Å². The van der Waals surface area contributed by atoms with Crippen molar-refractivity contribution in [3.63, 3.8) is 0 Å². The fraction of sp³-hybridized carbons (Fsp3) is 0.320. The van der Waals surface area contributed by atoms with Crippen molar-refractivity contribution in [2.75, 3.05) is 29.9 Å². The zero-order chi connectivity index (χ0) is 24.4. The molecule has 0 radical (unpaired) electrons. The van der Waals surface area contributed by atoms with Crippen molar-refractivity contribution in [1.29, 1.82) is 0 Å². The molecule has 5 rings (SSSR count). The number of nitrogens with one attached hydrogen (secondary N) is 2. The molecule has 35 heavy (non-hydrogen) atoms. The second-order valence-electron chi connectivity index (χ2n) is 8.71. The Bertz CT molecular complexity index is 1370. The minimum atomic E-state index is -0.229. The third-order valence-corrected chi connectivity index (χ3v) is 5.60. The maximum Gasteiger partial charge on any atom is 0.316 e. The molecule has 4 aromatic heterocycles. The van der Waals surface area contributed by atoms with Crippen LogP contribution in [0.1, 0.15) is 20.8 Å². The summed E-state index contributed by atoms with van der Waals surface area (Å²) >= 11 is 0. The van der Waals surface area contributed by atoms with Gasteiger partial charge in [0.2, 0.25) is 0 Å². The van der Waals surface area contributed by atoms with Gasteiger partial charge in [-0.25, -0.2) is 19.9 Å². The molecule has 0 aliphatic carbocycles. The lowest BCUT2D eigenvalue weighted by Gasteiger charge is -2.32. The van der Waals surface area contributed by atoms with Crippen LogP contribution in [0.25, 0.3) is 22.0 Å². The van der Waals surface area contributed by atoms with Crippen molar-refractivity contribution in [3.8, 4) is 17.3 Å². The summed E-state index contributed by atoms with van der Waals surface area (Å²) in [6.45, 7) is 8.17. The summed E-state index contributed by atoms with van der Waals surface area (Å²) in [4.78, 5) is 35.5. The number of hydrogen-bond donors (Lipinski definition) is 2. The Labute approximate surface area is 202 Å². The first-order valence-electron chi connectivity index (χ1n) is 11.6. The van der Waals surface area contributed by atoms with E-state index in [1.165, 1.54) is 0 Å². The molecule has 0 aromatic carbocycles. The van der Waals surface area contributed by atoms with Gasteiger partial charge in [0.1, 0.15) is 11.6 Å². The molecule has 10 nitrogen and oxygen atoms in total. The molecule has 10 heteroatoms. The molecule has 5 heterocycles. The van der Waals surface area contributed by atoms with Crippen LogP contribution in [0.15, 0.2) is 53.8 Å². The Balaban J connectivity index is 1.46. The average molecular weight is 474 g/mol. The zero-order valence-corrected chi connectivity index (χ0v) is 19.9. The molecule has 4 aromatic rings. The van der Waals surface area contributed by atoms with Gasteiger partial charge in [-0.2, -0.15) is 0 Å². The van der Waals surface area contributed by atoms with Crippen LogP contribution in [-0.2, 0) is 4.74 Å². The van der Waals surface area contributed by atoms with Crippen LogP contribution in [0.2, 0.25) is 0 Å². The molecule has 0 unspecified atom stereocenters. The number of aromatic amines is 1. The highest BCUT2D eigenvalue weighted by Gasteiger charge is 2.18. The Kier molecular flexibility index (Phi) is 6.28. The third kappa shape index (κ3) is 5.07. The number of anilines is 3. The van der Waals surface area contributed by atoms with Gasteiger partial charge in [-0.15, -0.1) is 0 Å². The van der Waals surface area contributed by atoms with Gasteiger partial charge in [0, 0.05) is 37.2 Å². The number of rotatable bonds is 6. The smallest absolute Gasteiger partial charge is 0.316 e. The summed E-state index contributed by atoms with van der Waals surface area (Å²) in [7, 11) is 0. The predicted molar refractivity (Wildman–Crippen MR) is 134 cm³/mol. The van der Waals surface area contributed by atoms with Crippen LogP contribution in [0.5, 0.6) is 6.01 Å². The van der Waals surface area contributed by atoms with Gasteiger partial charge >= 0.3 is 6.01 Å². The zero-order valence-electron chi connectivity index (χ0n) is 19.9. The minimum absolute atomic E-state index is 0.0196. The van der Waals surface area contributed by atoms with E-state index in [4.69, 9.17) is 14.5 Å². The molecule has 180 valence electrons. The molecule has 2 N–H and O–H groups in total. The topological polar surface area (TPSA) is 118 Å². The monoisotopic (exact) mass is 473 g/mol. The van der Waals surface area contributed by atoms with Gasteiger partial charge in [-0.05, 0) is 50.4 Å². The molecule has 1 aliphatic heterocycles. The second kappa shape index (κ2) is 9.67. The summed E-state index contributed by atoms with van der Waals surface area (Å²) < 4.78 is 11.2. The van der Waals surface area contributed by atoms with E-state index in [0.717, 1.165) is 30.0 Å². The van der Waals surface area contributed by atoms with E-state index in [1.54, 1.807) is 24.8 Å². The summed E-state index contributed by atoms with van der Waals surface area (Å²) in [6, 6.07) is 7.88. The maximum absolute atomic E-state index is 12.7. The largest absolute Gasteiger partial charge is 0.461 e. The van der Waals surface area contributed by atoms with Crippen LogP contribution in [0.3, 0.4) is 0 Å². The average Bonchev–Trinajstić information content (AvgIpc) is 2.84. The molecular weight excluding hydrogens is 446 g/mol. The molecule has 0 bridgehead atoms. The number of pyridine rings is 3. The molecule has 1 aliphatic rings. The first-order valence-corrected chi connectivity index (χ1v) is 11.6. The summed E-state index contributed by atoms with van der Waals surface area (Å²) in [5, 5.41) is 4.48. The number of morpholine rings is 1. The molecule has 0 amide bonds. The van der Waals surface area contributed by atoms with Crippen LogP contribution in [0.4, 0.5) is 17.3 Å². The van der Waals surface area contributed by atoms with E-state index in [-0.39, 0.29) is 17.8 Å². The van der Waals surface area contributed by atoms with Crippen molar-refractivity contribution < 1.29 is 9.47 Å². The van der Waals surface area contributed by atoms with Gasteiger partial charge < -0.3 is 24.7 Å². The minimum Gasteiger partial charge on any atom is -0.461 e. The molecular formula is C25H27N7O3. The summed E-state index contributed by atoms with van der Waals surface area (Å²) in [5.41, 5.74) is 1.84. The van der Waals surface area contributed by atoms with Crippen molar-refractivity contribution in [2.24, 2.45) is 0 Å². The second-order valence-corrected chi connectivity index (χ2v) is 8.71. The van der Waals surface area contributed by atoms with E-state index in [9.17, 15) is 4.79 Å². The summed E-state index contributed by atoms with van der Waals surface area (Å²) in [5.74, 6) is 1.31. The Morgan fingerprint density at radius 3 is 2.71 bits per heavy atom. The van der Waals surface area contributed by atoms with Gasteiger partial charge in [-0.1, -0.05) is 0 Å². The Morgan fingerprint density at radius 2 is 2.00 bits per heavy atom. The standard InChI is InChI=1S/C25H27N7O3/c1-15(2)35-25-28-11-18(12-29-25)20-10-17-6-7-26-24(33)22(17)23(31-20)30-19-4-5-21(27-13-19)32-8-9-34-16(3)14-32/h4-7,10-13,15-16H,8-9,14H2,1-3H3,(H,26,33)(H,30,31)/t16-/m1/s1. The van der Waals surface area contributed by atoms with E-state index >= 15 is 0 Å². The molecule has 1 fully saturated rings. The van der Waals surface area contributed by atoms with Crippen molar-refractivity contribution in [3.05, 3.63) is 59.4 Å². The Hall–Kier alpha value is -4.05. The first-order chi connectivity index (χ1) is 17.0. The van der Waals surface area contributed by atoms with Crippen LogP contribution in [0, 0.1) is 0 Å². The lowest BCUT2D eigenvalue weighted by atomic mass is 10.1. The van der Waals surface area contributed by atoms with Gasteiger partial charge in [0.25, 0.3) is 5.56 Å². The van der Waals surface area contributed by atoms with Crippen molar-refractivity contribution >= 4 is 28.1 Å². The summed E-state index contributed by atoms with van der Waals surface area (Å²) in [6.07, 6.45) is 6.84. The molecule has 0 saturated carbocycles. The quantitative estimate of drug-likeness (QED) is 0.433. The van der Waals surface area contributed by atoms with Gasteiger partial charge in [0.05, 0.1) is 41.8 Å². The number of H-pyrrole nitrogens is 1. The number of fused-ring (bicyclic) bond motifs is 1. The van der Waals surface area contributed by atoms with Crippen LogP contribution < -0.4 is 20.5 Å². The van der Waals surface area contributed by atoms with Gasteiger partial charge in [0.15, 0.2) is 0 Å². The lowest BCUT2D eigenvalue weighted by molar-refractivity contribution is 0.0529. The highest BCUT2D eigenvalue weighted by molar-refractivity contribution is 5.95. The SMILES string of the molecule is CC(C)Oc1ncc(-c2cc3cc[nH]c(=O)c3c(Nc3ccc(N4CCO[C@H](C)C4)nc3)n2)cn1. The number of ether oxygens (including phenoxy) is 2. The Morgan fingerprint density at radius 1 is 1.17 bits per heavy atom. The third-order valence-electron chi connectivity index (χ3n) is 5.60. The number of aromatic nitrogens is 5. The van der Waals surface area contributed by atoms with E-state index in [2.05, 4.69) is 37.1 Å². The van der Waals surface area contributed by atoms with Crippen molar-refractivity contribution in [2.45, 2.75) is 33.0 Å². The molecule has 1 saturated heterocycles. The van der Waals surface area contributed by atoms with Crippen molar-refractivity contribution in [1.82, 2.24) is 24.9 Å². The fourth-order valence-corrected chi connectivity index (χ4v) is 3.98. The molecule has 0 spiro atoms. The normalized spacial score (nSPS) is 16.0. The fourth-order valence-electron chi connectivity index (χ4n) is 3.98. The van der Waals surface area contributed by atoms with Crippen LogP contribution in [-0.4, -0.2) is 56.8 Å². The van der Waals surface area contributed by atoms with Crippen LogP contribution >= 0.6 is 0 Å². The number of hydrogen-bond acceptors (Lipinski definition) is 9. The number of nitrogens with zero attached hydrogens (tertiary/aromatic N) is 5. The van der Waals surface area contributed by atoms with E-state index < -0.39 is 0 Å².